The summed E-state index contributed by atoms with van der Waals surface area (Å²) < 4.78 is 24.5. The average Bonchev–Trinajstić information content (AvgIpc) is 2.39. The molecule has 0 saturated carbocycles. The lowest BCUT2D eigenvalue weighted by atomic mass is 10.2. The van der Waals surface area contributed by atoms with E-state index < -0.39 is 10.0 Å². The molecule has 0 spiro atoms. The highest BCUT2D eigenvalue weighted by Crippen LogP contribution is 2.32. The number of thioether (sulfide) groups is 1. The van der Waals surface area contributed by atoms with Crippen LogP contribution in [0.3, 0.4) is 0 Å². The van der Waals surface area contributed by atoms with Gasteiger partial charge in [-0.1, -0.05) is 17.7 Å². The Hall–Kier alpha value is -0.230. The summed E-state index contributed by atoms with van der Waals surface area (Å²) in [5.74, 6) is 0.764. The van der Waals surface area contributed by atoms with Crippen molar-refractivity contribution in [2.45, 2.75) is 11.4 Å². The van der Waals surface area contributed by atoms with Gasteiger partial charge in [0.25, 0.3) is 0 Å². The molecule has 1 aliphatic heterocycles. The molecule has 0 N–H and O–H groups in total. The van der Waals surface area contributed by atoms with Crippen LogP contribution in [0.25, 0.3) is 0 Å². The van der Waals surface area contributed by atoms with E-state index in [4.69, 9.17) is 11.6 Å². The molecule has 0 radical (unpaired) electrons. The van der Waals surface area contributed by atoms with Crippen molar-refractivity contribution in [3.05, 3.63) is 28.8 Å². The summed E-state index contributed by atoms with van der Waals surface area (Å²) >= 11 is 7.75. The van der Waals surface area contributed by atoms with E-state index in [0.29, 0.717) is 18.1 Å². The lowest BCUT2D eigenvalue weighted by molar-refractivity contribution is 0.431. The van der Waals surface area contributed by atoms with Crippen LogP contribution in [-0.2, 0) is 16.6 Å². The molecule has 16 heavy (non-hydrogen) atoms. The highest BCUT2D eigenvalue weighted by Gasteiger charge is 2.22. The fourth-order valence-electron chi connectivity index (χ4n) is 1.62. The number of nitrogens with zero attached hydrogens (tertiary/aromatic N) is 1. The van der Waals surface area contributed by atoms with Crippen molar-refractivity contribution in [3.63, 3.8) is 0 Å². The Morgan fingerprint density at radius 3 is 2.88 bits per heavy atom. The lowest BCUT2D eigenvalue weighted by Gasteiger charge is -2.17. The summed E-state index contributed by atoms with van der Waals surface area (Å²) in [7, 11) is -3.15. The van der Waals surface area contributed by atoms with Crippen LogP contribution in [0.5, 0.6) is 0 Å². The molecular formula is C10H12ClNO2S2. The van der Waals surface area contributed by atoms with E-state index in [9.17, 15) is 8.42 Å². The van der Waals surface area contributed by atoms with Gasteiger partial charge in [-0.15, -0.1) is 11.8 Å². The van der Waals surface area contributed by atoms with E-state index in [1.165, 1.54) is 10.6 Å². The molecule has 0 fully saturated rings. The predicted octanol–water partition coefficient (Wildman–Crippen LogP) is 2.21. The van der Waals surface area contributed by atoms with Gasteiger partial charge in [0.05, 0.1) is 6.26 Å². The minimum absolute atomic E-state index is 0.376. The van der Waals surface area contributed by atoms with Crippen LogP contribution < -0.4 is 0 Å². The molecule has 2 rings (SSSR count). The zero-order valence-electron chi connectivity index (χ0n) is 8.81. The second-order valence-electron chi connectivity index (χ2n) is 3.66. The number of sulfonamides is 1. The van der Waals surface area contributed by atoms with Crippen molar-refractivity contribution < 1.29 is 8.42 Å². The van der Waals surface area contributed by atoms with Crippen molar-refractivity contribution in [3.8, 4) is 0 Å². The third-order valence-corrected chi connectivity index (χ3v) is 5.16. The highest BCUT2D eigenvalue weighted by molar-refractivity contribution is 7.99. The zero-order valence-corrected chi connectivity index (χ0v) is 11.2. The topological polar surface area (TPSA) is 37.4 Å². The van der Waals surface area contributed by atoms with Gasteiger partial charge < -0.3 is 0 Å². The van der Waals surface area contributed by atoms with Crippen LogP contribution in [0.15, 0.2) is 23.1 Å². The van der Waals surface area contributed by atoms with E-state index in [-0.39, 0.29) is 0 Å². The van der Waals surface area contributed by atoms with Gasteiger partial charge in [0, 0.05) is 28.8 Å². The number of benzene rings is 1. The standard InChI is InChI=1S/C10H12ClNO2S2/c1-16(13,14)12-5-6-15-10-4-2-3-9(11)8(10)7-12/h2-4H,5-7H2,1H3. The van der Waals surface area contributed by atoms with E-state index in [2.05, 4.69) is 0 Å². The molecular weight excluding hydrogens is 266 g/mol. The fourth-order valence-corrected chi connectivity index (χ4v) is 3.87. The first-order valence-electron chi connectivity index (χ1n) is 4.84. The van der Waals surface area contributed by atoms with Crippen molar-refractivity contribution in [1.82, 2.24) is 4.31 Å². The second kappa shape index (κ2) is 4.56. The van der Waals surface area contributed by atoms with Gasteiger partial charge in [-0.05, 0) is 17.7 Å². The Labute approximate surface area is 105 Å². The van der Waals surface area contributed by atoms with Gasteiger partial charge in [0.2, 0.25) is 10.0 Å². The fraction of sp³-hybridized carbons (Fsp3) is 0.400. The molecule has 6 heteroatoms. The van der Waals surface area contributed by atoms with Gasteiger partial charge in [0.15, 0.2) is 0 Å². The first-order chi connectivity index (χ1) is 7.48. The third-order valence-electron chi connectivity index (χ3n) is 2.48. The van der Waals surface area contributed by atoms with Gasteiger partial charge in [0.1, 0.15) is 0 Å². The van der Waals surface area contributed by atoms with E-state index in [0.717, 1.165) is 16.2 Å². The third kappa shape index (κ3) is 2.53. The molecule has 0 amide bonds. The molecule has 0 aliphatic carbocycles. The molecule has 0 bridgehead atoms. The van der Waals surface area contributed by atoms with Crippen molar-refractivity contribution in [2.75, 3.05) is 18.6 Å². The first kappa shape index (κ1) is 12.2. The van der Waals surface area contributed by atoms with Gasteiger partial charge in [-0.2, -0.15) is 4.31 Å². The molecule has 1 heterocycles. The second-order valence-corrected chi connectivity index (χ2v) is 7.19. The van der Waals surface area contributed by atoms with E-state index in [1.54, 1.807) is 17.8 Å². The van der Waals surface area contributed by atoms with Crippen molar-refractivity contribution in [1.29, 1.82) is 0 Å². The van der Waals surface area contributed by atoms with Crippen molar-refractivity contribution >= 4 is 33.4 Å². The predicted molar refractivity (Wildman–Crippen MR) is 67.4 cm³/mol. The molecule has 1 aliphatic rings. The summed E-state index contributed by atoms with van der Waals surface area (Å²) in [6.07, 6.45) is 1.24. The largest absolute Gasteiger partial charge is 0.212 e. The van der Waals surface area contributed by atoms with Gasteiger partial charge >= 0.3 is 0 Å². The average molecular weight is 278 g/mol. The number of halogens is 1. The maximum atomic E-state index is 11.5. The van der Waals surface area contributed by atoms with Gasteiger partial charge in [-0.3, -0.25) is 0 Å². The van der Waals surface area contributed by atoms with Crippen LogP contribution in [0, 0.1) is 0 Å². The summed E-state index contributed by atoms with van der Waals surface area (Å²) in [5.41, 5.74) is 0.914. The summed E-state index contributed by atoms with van der Waals surface area (Å²) in [4.78, 5) is 1.08. The van der Waals surface area contributed by atoms with Crippen LogP contribution in [0.4, 0.5) is 0 Å². The van der Waals surface area contributed by atoms with Crippen LogP contribution >= 0.6 is 23.4 Å². The summed E-state index contributed by atoms with van der Waals surface area (Å²) in [5, 5.41) is 0.639. The minimum atomic E-state index is -3.15. The lowest BCUT2D eigenvalue weighted by Crippen LogP contribution is -2.30. The molecule has 0 atom stereocenters. The molecule has 3 nitrogen and oxygen atoms in total. The molecule has 88 valence electrons. The maximum absolute atomic E-state index is 11.5. The van der Waals surface area contributed by atoms with E-state index >= 15 is 0 Å². The van der Waals surface area contributed by atoms with Crippen molar-refractivity contribution in [2.24, 2.45) is 0 Å². The Kier molecular flexibility index (Phi) is 3.49. The monoisotopic (exact) mass is 277 g/mol. The van der Waals surface area contributed by atoms with Crippen LogP contribution in [0.2, 0.25) is 5.02 Å². The highest BCUT2D eigenvalue weighted by atomic mass is 35.5. The normalized spacial score (nSPS) is 17.9. The quantitative estimate of drug-likeness (QED) is 0.790. The Bertz CT molecular complexity index is 502. The maximum Gasteiger partial charge on any atom is 0.211 e. The first-order valence-corrected chi connectivity index (χ1v) is 8.05. The van der Waals surface area contributed by atoms with Gasteiger partial charge in [-0.25, -0.2) is 8.42 Å². The smallest absolute Gasteiger partial charge is 0.211 e. The Morgan fingerprint density at radius 2 is 2.19 bits per heavy atom. The number of rotatable bonds is 1. The molecule has 0 aromatic heterocycles. The number of hydrogen-bond donors (Lipinski definition) is 0. The summed E-state index contributed by atoms with van der Waals surface area (Å²) in [6, 6.07) is 5.68. The summed E-state index contributed by atoms with van der Waals surface area (Å²) in [6.45, 7) is 0.912. The zero-order chi connectivity index (χ0) is 11.8. The Balaban J connectivity index is 2.41. The Morgan fingerprint density at radius 1 is 1.44 bits per heavy atom. The van der Waals surface area contributed by atoms with Crippen LogP contribution in [-0.4, -0.2) is 31.3 Å². The van der Waals surface area contributed by atoms with E-state index in [1.807, 2.05) is 12.1 Å². The molecule has 1 aromatic rings. The number of hydrogen-bond acceptors (Lipinski definition) is 3. The SMILES string of the molecule is CS(=O)(=O)N1CCSc2cccc(Cl)c2C1. The molecule has 0 saturated heterocycles. The number of fused-ring (bicyclic) bond motifs is 1. The van der Waals surface area contributed by atoms with Crippen LogP contribution in [0.1, 0.15) is 5.56 Å². The molecule has 0 unspecified atom stereocenters. The minimum Gasteiger partial charge on any atom is -0.212 e. The molecule has 1 aromatic carbocycles.